The number of rotatable bonds is 12. The van der Waals surface area contributed by atoms with E-state index in [1.807, 2.05) is 0 Å². The summed E-state index contributed by atoms with van der Waals surface area (Å²) in [6, 6.07) is 0. The maximum atomic E-state index is 7.35. The monoisotopic (exact) mass is 456 g/mol. The second-order valence-electron chi connectivity index (χ2n) is 12.2. The van der Waals surface area contributed by atoms with Crippen molar-refractivity contribution in [3.63, 3.8) is 0 Å². The topological polar surface area (TPSA) is 18.5 Å². The zero-order chi connectivity index (χ0) is 24.1. The summed E-state index contributed by atoms with van der Waals surface area (Å²) in [4.78, 5) is 0. The molecule has 0 rings (SSSR count). The van der Waals surface area contributed by atoms with E-state index in [1.54, 1.807) is 0 Å². The number of allylic oxidation sites excluding steroid dienone is 1. The molecule has 0 saturated carbocycles. The molecule has 3 atom stereocenters. The standard InChI is InChI=1S/C26H56O2Si2/c1-16-22(8)17-23(9)25(24(10)18-27-29(14,15)26(11,12)13)28-30(19(2)3,20(4)5)21(6)7/h17,19-22,24-25H,16,18H2,1-15H3/b23-17+/t22-,24+,25-/m0/s1. The lowest BCUT2D eigenvalue weighted by atomic mass is 9.95. The maximum absolute atomic E-state index is 7.35. The smallest absolute Gasteiger partial charge is 0.201 e. The highest BCUT2D eigenvalue weighted by Gasteiger charge is 2.48. The Bertz CT molecular complexity index is 508. The van der Waals surface area contributed by atoms with Crippen LogP contribution in [-0.2, 0) is 8.85 Å². The zero-order valence-electron chi connectivity index (χ0n) is 23.3. The van der Waals surface area contributed by atoms with Crippen molar-refractivity contribution in [2.24, 2.45) is 11.8 Å². The van der Waals surface area contributed by atoms with Crippen LogP contribution in [0.4, 0.5) is 0 Å². The van der Waals surface area contributed by atoms with Gasteiger partial charge in [-0.2, -0.15) is 0 Å². The van der Waals surface area contributed by atoms with Crippen molar-refractivity contribution in [3.05, 3.63) is 11.6 Å². The fraction of sp³-hybridized carbons (Fsp3) is 0.923. The van der Waals surface area contributed by atoms with Crippen molar-refractivity contribution in [2.75, 3.05) is 6.61 Å². The molecular formula is C26H56O2Si2. The van der Waals surface area contributed by atoms with E-state index in [-0.39, 0.29) is 11.1 Å². The largest absolute Gasteiger partial charge is 0.416 e. The first kappa shape index (κ1) is 30.1. The van der Waals surface area contributed by atoms with Crippen LogP contribution in [-0.4, -0.2) is 29.3 Å². The Hall–Kier alpha value is 0.0938. The van der Waals surface area contributed by atoms with Crippen LogP contribution in [0.15, 0.2) is 11.6 Å². The highest BCUT2D eigenvalue weighted by molar-refractivity contribution is 6.77. The van der Waals surface area contributed by atoms with Crippen LogP contribution in [0, 0.1) is 11.8 Å². The Kier molecular flexibility index (Phi) is 11.8. The van der Waals surface area contributed by atoms with Gasteiger partial charge in [0.1, 0.15) is 0 Å². The Balaban J connectivity index is 6.02. The van der Waals surface area contributed by atoms with E-state index in [1.165, 1.54) is 12.0 Å². The van der Waals surface area contributed by atoms with Crippen molar-refractivity contribution in [3.8, 4) is 0 Å². The molecule has 0 aromatic rings. The fourth-order valence-electron chi connectivity index (χ4n) is 4.59. The van der Waals surface area contributed by atoms with Crippen LogP contribution >= 0.6 is 0 Å². The third kappa shape index (κ3) is 7.60. The predicted molar refractivity (Wildman–Crippen MR) is 141 cm³/mol. The van der Waals surface area contributed by atoms with Gasteiger partial charge in [0.25, 0.3) is 0 Å². The van der Waals surface area contributed by atoms with E-state index in [4.69, 9.17) is 8.85 Å². The molecule has 0 unspecified atom stereocenters. The van der Waals surface area contributed by atoms with Gasteiger partial charge in [0.05, 0.1) is 6.10 Å². The first-order chi connectivity index (χ1) is 13.4. The molecule has 0 radical (unpaired) electrons. The Morgan fingerprint density at radius 1 is 0.867 bits per heavy atom. The number of hydrogen-bond donors (Lipinski definition) is 0. The molecule has 2 nitrogen and oxygen atoms in total. The van der Waals surface area contributed by atoms with E-state index >= 15 is 0 Å². The average molecular weight is 457 g/mol. The molecule has 30 heavy (non-hydrogen) atoms. The van der Waals surface area contributed by atoms with E-state index in [0.717, 1.165) is 6.61 Å². The molecule has 0 spiro atoms. The highest BCUT2D eigenvalue weighted by Crippen LogP contribution is 2.45. The summed E-state index contributed by atoms with van der Waals surface area (Å²) in [7, 11) is -3.75. The molecule has 0 aromatic carbocycles. The normalized spacial score (nSPS) is 17.7. The van der Waals surface area contributed by atoms with Gasteiger partial charge in [-0.15, -0.1) is 0 Å². The van der Waals surface area contributed by atoms with Gasteiger partial charge in [-0.3, -0.25) is 0 Å². The molecule has 0 aliphatic carbocycles. The van der Waals surface area contributed by atoms with Gasteiger partial charge in [0.15, 0.2) is 8.32 Å². The van der Waals surface area contributed by atoms with E-state index < -0.39 is 16.6 Å². The second-order valence-corrected chi connectivity index (χ2v) is 22.4. The van der Waals surface area contributed by atoms with Crippen molar-refractivity contribution in [1.29, 1.82) is 0 Å². The van der Waals surface area contributed by atoms with Gasteiger partial charge >= 0.3 is 0 Å². The molecular weight excluding hydrogens is 400 g/mol. The van der Waals surface area contributed by atoms with Crippen LogP contribution in [0.2, 0.25) is 34.8 Å². The third-order valence-corrected chi connectivity index (χ3v) is 18.3. The van der Waals surface area contributed by atoms with Gasteiger partial charge in [-0.1, -0.05) is 95.6 Å². The van der Waals surface area contributed by atoms with Gasteiger partial charge in [-0.05, 0) is 53.2 Å². The lowest BCUT2D eigenvalue weighted by Crippen LogP contribution is -2.52. The molecule has 180 valence electrons. The summed E-state index contributed by atoms with van der Waals surface area (Å²) in [5, 5.41) is 0.233. The summed E-state index contributed by atoms with van der Waals surface area (Å²) in [6.07, 6.45) is 3.76. The van der Waals surface area contributed by atoms with Crippen molar-refractivity contribution in [1.82, 2.24) is 0 Å². The molecule has 0 N–H and O–H groups in total. The summed E-state index contributed by atoms with van der Waals surface area (Å²) in [6.45, 7) is 36.0. The molecule has 0 aromatic heterocycles. The summed E-state index contributed by atoms with van der Waals surface area (Å²) >= 11 is 0. The summed E-state index contributed by atoms with van der Waals surface area (Å²) in [5.41, 5.74) is 3.16. The van der Waals surface area contributed by atoms with E-state index in [2.05, 4.69) is 109 Å². The minimum absolute atomic E-state index is 0.141. The molecule has 0 heterocycles. The first-order valence-corrected chi connectivity index (χ1v) is 17.5. The van der Waals surface area contributed by atoms with Gasteiger partial charge in [0.2, 0.25) is 8.32 Å². The van der Waals surface area contributed by atoms with Gasteiger partial charge < -0.3 is 8.85 Å². The van der Waals surface area contributed by atoms with Gasteiger partial charge in [-0.25, -0.2) is 0 Å². The van der Waals surface area contributed by atoms with Gasteiger partial charge in [0, 0.05) is 12.5 Å². The van der Waals surface area contributed by atoms with Crippen LogP contribution in [0.1, 0.15) is 96.4 Å². The SMILES string of the molecule is CC[C@H](C)/C=C(\C)[C@H](O[Si](C(C)C)(C(C)C)C(C)C)[C@H](C)CO[Si](C)(C)C(C)(C)C. The molecule has 0 aliphatic heterocycles. The maximum Gasteiger partial charge on any atom is 0.201 e. The predicted octanol–water partition coefficient (Wildman–Crippen LogP) is 9.20. The molecule has 0 bridgehead atoms. The molecule has 4 heteroatoms. The minimum Gasteiger partial charge on any atom is -0.416 e. The van der Waals surface area contributed by atoms with Crippen LogP contribution in [0.3, 0.4) is 0 Å². The Morgan fingerprint density at radius 3 is 1.63 bits per heavy atom. The average Bonchev–Trinajstić information content (AvgIpc) is 2.58. The highest BCUT2D eigenvalue weighted by atomic mass is 28.4. The first-order valence-electron chi connectivity index (χ1n) is 12.4. The van der Waals surface area contributed by atoms with Crippen LogP contribution < -0.4 is 0 Å². The van der Waals surface area contributed by atoms with Crippen LogP contribution in [0.5, 0.6) is 0 Å². The molecule has 0 aliphatic rings. The molecule has 0 fully saturated rings. The molecule has 0 saturated heterocycles. The van der Waals surface area contributed by atoms with Crippen molar-refractivity contribution in [2.45, 2.75) is 137 Å². The van der Waals surface area contributed by atoms with E-state index in [9.17, 15) is 0 Å². The van der Waals surface area contributed by atoms with Crippen LogP contribution in [0.25, 0.3) is 0 Å². The molecule has 0 amide bonds. The summed E-state index contributed by atoms with van der Waals surface area (Å²) < 4.78 is 14.0. The Morgan fingerprint density at radius 2 is 1.30 bits per heavy atom. The van der Waals surface area contributed by atoms with Crippen molar-refractivity contribution >= 4 is 16.6 Å². The number of hydrogen-bond acceptors (Lipinski definition) is 2. The lowest BCUT2D eigenvalue weighted by Gasteiger charge is -2.46. The quantitative estimate of drug-likeness (QED) is 0.215. The van der Waals surface area contributed by atoms with Crippen molar-refractivity contribution < 1.29 is 8.85 Å². The van der Waals surface area contributed by atoms with E-state index in [0.29, 0.717) is 28.5 Å². The Labute approximate surface area is 192 Å². The zero-order valence-corrected chi connectivity index (χ0v) is 25.3. The lowest BCUT2D eigenvalue weighted by molar-refractivity contribution is 0.108. The third-order valence-electron chi connectivity index (χ3n) is 7.71. The fourth-order valence-corrected chi connectivity index (χ4v) is 11.4. The summed E-state index contributed by atoms with van der Waals surface area (Å²) in [5.74, 6) is 0.931. The second kappa shape index (κ2) is 11.8. The minimum atomic E-state index is -1.97.